The van der Waals surface area contributed by atoms with E-state index in [4.69, 9.17) is 5.73 Å². The van der Waals surface area contributed by atoms with E-state index in [0.717, 1.165) is 12.2 Å². The molecule has 1 aromatic rings. The van der Waals surface area contributed by atoms with Gasteiger partial charge in [0.05, 0.1) is 0 Å². The van der Waals surface area contributed by atoms with Crippen molar-refractivity contribution in [1.29, 1.82) is 0 Å². The Hall–Kier alpha value is -0.470. The maximum atomic E-state index is 6.05. The first-order valence-electron chi connectivity index (χ1n) is 5.11. The Kier molecular flexibility index (Phi) is 5.05. The smallest absolute Gasteiger partial charge is 0.0386 e. The van der Waals surface area contributed by atoms with Crippen LogP contribution in [0.15, 0.2) is 24.3 Å². The summed E-state index contributed by atoms with van der Waals surface area (Å²) < 4.78 is 0. The molecule has 0 aliphatic heterocycles. The summed E-state index contributed by atoms with van der Waals surface area (Å²) in [4.78, 5) is 0. The molecule has 0 heterocycles. The van der Waals surface area contributed by atoms with E-state index < -0.39 is 0 Å². The third-order valence-electron chi connectivity index (χ3n) is 2.26. The van der Waals surface area contributed by atoms with Gasteiger partial charge in [-0.15, -0.1) is 0 Å². The lowest BCUT2D eigenvalue weighted by atomic mass is 10.0. The highest BCUT2D eigenvalue weighted by atomic mass is 32.2. The molecule has 0 saturated carbocycles. The quantitative estimate of drug-likeness (QED) is 0.806. The van der Waals surface area contributed by atoms with Gasteiger partial charge in [-0.05, 0) is 23.8 Å². The SMILES string of the molecule is CCCc1cccc(C(N)CSC)c1. The first-order valence-corrected chi connectivity index (χ1v) is 6.50. The fourth-order valence-corrected chi connectivity index (χ4v) is 2.10. The molecule has 1 rings (SSSR count). The number of rotatable bonds is 5. The molecule has 2 heteroatoms. The molecule has 1 aromatic carbocycles. The molecule has 0 aromatic heterocycles. The zero-order valence-corrected chi connectivity index (χ0v) is 9.81. The van der Waals surface area contributed by atoms with E-state index in [1.807, 2.05) is 0 Å². The topological polar surface area (TPSA) is 26.0 Å². The minimum absolute atomic E-state index is 0.182. The Morgan fingerprint density at radius 1 is 1.43 bits per heavy atom. The zero-order valence-electron chi connectivity index (χ0n) is 8.99. The monoisotopic (exact) mass is 209 g/mol. The first-order chi connectivity index (χ1) is 6.77. The summed E-state index contributed by atoms with van der Waals surface area (Å²) >= 11 is 1.80. The van der Waals surface area contributed by atoms with Crippen LogP contribution in [0.1, 0.15) is 30.5 Å². The van der Waals surface area contributed by atoms with Crippen molar-refractivity contribution in [3.63, 3.8) is 0 Å². The van der Waals surface area contributed by atoms with Crippen molar-refractivity contribution in [2.45, 2.75) is 25.8 Å². The zero-order chi connectivity index (χ0) is 10.4. The Morgan fingerprint density at radius 3 is 2.86 bits per heavy atom. The van der Waals surface area contributed by atoms with Crippen LogP contribution in [0, 0.1) is 0 Å². The Bertz CT molecular complexity index is 273. The summed E-state index contributed by atoms with van der Waals surface area (Å²) in [6.07, 6.45) is 4.44. The summed E-state index contributed by atoms with van der Waals surface area (Å²) in [5.74, 6) is 0.996. The Morgan fingerprint density at radius 2 is 2.21 bits per heavy atom. The van der Waals surface area contributed by atoms with E-state index in [1.54, 1.807) is 11.8 Å². The lowest BCUT2D eigenvalue weighted by Crippen LogP contribution is -2.12. The number of aryl methyl sites for hydroxylation is 1. The van der Waals surface area contributed by atoms with Crippen LogP contribution in [0.4, 0.5) is 0 Å². The molecule has 78 valence electrons. The molecular weight excluding hydrogens is 190 g/mol. The predicted molar refractivity (Wildman–Crippen MR) is 65.7 cm³/mol. The molecule has 14 heavy (non-hydrogen) atoms. The second-order valence-corrected chi connectivity index (χ2v) is 4.47. The number of nitrogens with two attached hydrogens (primary N) is 1. The number of thioether (sulfide) groups is 1. The molecule has 0 spiro atoms. The molecular formula is C12H19NS. The predicted octanol–water partition coefficient (Wildman–Crippen LogP) is 3.00. The first kappa shape index (κ1) is 11.6. The van der Waals surface area contributed by atoms with Crippen molar-refractivity contribution < 1.29 is 0 Å². The summed E-state index contributed by atoms with van der Waals surface area (Å²) in [6.45, 7) is 2.20. The third-order valence-corrected chi connectivity index (χ3v) is 2.96. The van der Waals surface area contributed by atoms with Crippen LogP contribution in [0.3, 0.4) is 0 Å². The van der Waals surface area contributed by atoms with Gasteiger partial charge >= 0.3 is 0 Å². The van der Waals surface area contributed by atoms with Crippen LogP contribution in [-0.4, -0.2) is 12.0 Å². The Balaban J connectivity index is 2.71. The van der Waals surface area contributed by atoms with Crippen LogP contribution < -0.4 is 5.73 Å². The second kappa shape index (κ2) is 6.10. The molecule has 0 bridgehead atoms. The van der Waals surface area contributed by atoms with E-state index >= 15 is 0 Å². The van der Waals surface area contributed by atoms with E-state index in [2.05, 4.69) is 37.4 Å². The molecule has 1 unspecified atom stereocenters. The normalized spacial score (nSPS) is 12.8. The van der Waals surface area contributed by atoms with Crippen molar-refractivity contribution in [3.8, 4) is 0 Å². The molecule has 0 radical (unpaired) electrons. The molecule has 1 atom stereocenters. The van der Waals surface area contributed by atoms with Gasteiger partial charge in [0, 0.05) is 11.8 Å². The molecule has 0 saturated heterocycles. The van der Waals surface area contributed by atoms with Gasteiger partial charge in [-0.1, -0.05) is 37.6 Å². The summed E-state index contributed by atoms with van der Waals surface area (Å²) in [6, 6.07) is 8.84. The van der Waals surface area contributed by atoms with Crippen molar-refractivity contribution in [2.24, 2.45) is 5.73 Å². The maximum Gasteiger partial charge on any atom is 0.0386 e. The van der Waals surface area contributed by atoms with Crippen LogP contribution in [-0.2, 0) is 6.42 Å². The van der Waals surface area contributed by atoms with Crippen molar-refractivity contribution in [2.75, 3.05) is 12.0 Å². The van der Waals surface area contributed by atoms with E-state index in [9.17, 15) is 0 Å². The molecule has 0 amide bonds. The molecule has 1 nitrogen and oxygen atoms in total. The van der Waals surface area contributed by atoms with Gasteiger partial charge in [-0.2, -0.15) is 11.8 Å². The van der Waals surface area contributed by atoms with Crippen molar-refractivity contribution in [1.82, 2.24) is 0 Å². The van der Waals surface area contributed by atoms with Crippen LogP contribution >= 0.6 is 11.8 Å². The van der Waals surface area contributed by atoms with Crippen LogP contribution in [0.2, 0.25) is 0 Å². The van der Waals surface area contributed by atoms with Crippen LogP contribution in [0.25, 0.3) is 0 Å². The van der Waals surface area contributed by atoms with E-state index in [1.165, 1.54) is 17.5 Å². The molecule has 0 aliphatic rings. The highest BCUT2D eigenvalue weighted by Gasteiger charge is 2.04. The maximum absolute atomic E-state index is 6.05. The lowest BCUT2D eigenvalue weighted by Gasteiger charge is -2.11. The fraction of sp³-hybridized carbons (Fsp3) is 0.500. The standard InChI is InChI=1S/C12H19NS/c1-3-5-10-6-4-7-11(8-10)12(13)9-14-2/h4,6-8,12H,3,5,9,13H2,1-2H3. The largest absolute Gasteiger partial charge is 0.323 e. The minimum Gasteiger partial charge on any atom is -0.323 e. The fourth-order valence-electron chi connectivity index (χ4n) is 1.54. The van der Waals surface area contributed by atoms with Gasteiger partial charge in [-0.25, -0.2) is 0 Å². The molecule has 0 aliphatic carbocycles. The van der Waals surface area contributed by atoms with Gasteiger partial charge < -0.3 is 5.73 Å². The van der Waals surface area contributed by atoms with Gasteiger partial charge in [0.1, 0.15) is 0 Å². The average Bonchev–Trinajstić information content (AvgIpc) is 2.19. The van der Waals surface area contributed by atoms with Crippen molar-refractivity contribution >= 4 is 11.8 Å². The van der Waals surface area contributed by atoms with Crippen LogP contribution in [0.5, 0.6) is 0 Å². The van der Waals surface area contributed by atoms with Gasteiger partial charge in [0.25, 0.3) is 0 Å². The van der Waals surface area contributed by atoms with Crippen molar-refractivity contribution in [3.05, 3.63) is 35.4 Å². The minimum atomic E-state index is 0.182. The number of hydrogen-bond acceptors (Lipinski definition) is 2. The summed E-state index contributed by atoms with van der Waals surface area (Å²) in [7, 11) is 0. The highest BCUT2D eigenvalue weighted by molar-refractivity contribution is 7.98. The molecule has 2 N–H and O–H groups in total. The van der Waals surface area contributed by atoms with Gasteiger partial charge in [-0.3, -0.25) is 0 Å². The van der Waals surface area contributed by atoms with E-state index in [0.29, 0.717) is 0 Å². The summed E-state index contributed by atoms with van der Waals surface area (Å²) in [5, 5.41) is 0. The van der Waals surface area contributed by atoms with Gasteiger partial charge in [0.15, 0.2) is 0 Å². The average molecular weight is 209 g/mol. The number of hydrogen-bond donors (Lipinski definition) is 1. The van der Waals surface area contributed by atoms with Gasteiger partial charge in [0.2, 0.25) is 0 Å². The third kappa shape index (κ3) is 3.35. The van der Waals surface area contributed by atoms with E-state index in [-0.39, 0.29) is 6.04 Å². The highest BCUT2D eigenvalue weighted by Crippen LogP contribution is 2.16. The lowest BCUT2D eigenvalue weighted by molar-refractivity contribution is 0.825. The second-order valence-electron chi connectivity index (χ2n) is 3.56. The Labute approximate surface area is 91.1 Å². The summed E-state index contributed by atoms with van der Waals surface area (Å²) in [5.41, 5.74) is 8.72. The molecule has 0 fully saturated rings. The number of benzene rings is 1.